The van der Waals surface area contributed by atoms with E-state index in [2.05, 4.69) is 15.3 Å². The van der Waals surface area contributed by atoms with Crippen molar-refractivity contribution < 1.29 is 25.3 Å². The number of hydrogen-bond donors (Lipinski definition) is 6. The zero-order valence-corrected chi connectivity index (χ0v) is 17.8. The summed E-state index contributed by atoms with van der Waals surface area (Å²) in [5, 5.41) is 53.4. The molecule has 0 bridgehead atoms. The Morgan fingerprint density at radius 3 is 2.66 bits per heavy atom. The summed E-state index contributed by atoms with van der Waals surface area (Å²) in [5.41, 5.74) is 6.00. The third kappa shape index (κ3) is 7.21. The summed E-state index contributed by atoms with van der Waals surface area (Å²) in [6.07, 6.45) is 2.18. The number of nitro benzene ring substituents is 1. The highest BCUT2D eigenvalue weighted by atomic mass is 16.6. The first kappa shape index (κ1) is 25.6. The topological polar surface area (TPSA) is 190 Å². The van der Waals surface area contributed by atoms with Gasteiger partial charge in [-0.1, -0.05) is 12.8 Å². The number of anilines is 1. The molecule has 12 heteroatoms. The molecule has 1 aliphatic rings. The SMILES string of the molecule is NC=NC=Nc1ccc([N+](=O)[O-])c(NCCCCCCN2C[C@H](O)[C@@H](O)[C@H](O)[C@H]2CO)c1. The number of likely N-dealkylation sites (tertiary alicyclic amines) is 1. The van der Waals surface area contributed by atoms with Crippen molar-refractivity contribution >= 4 is 29.7 Å². The van der Waals surface area contributed by atoms with Crippen molar-refractivity contribution in [1.82, 2.24) is 4.90 Å². The second-order valence-corrected chi connectivity index (χ2v) is 7.64. The van der Waals surface area contributed by atoms with Crippen LogP contribution in [-0.4, -0.2) is 93.5 Å². The number of nitrogens with zero attached hydrogens (tertiary/aromatic N) is 4. The van der Waals surface area contributed by atoms with Gasteiger partial charge >= 0.3 is 0 Å². The van der Waals surface area contributed by atoms with E-state index in [9.17, 15) is 30.5 Å². The van der Waals surface area contributed by atoms with Crippen LogP contribution in [0.4, 0.5) is 17.1 Å². The summed E-state index contributed by atoms with van der Waals surface area (Å²) < 4.78 is 0. The molecule has 0 radical (unpaired) electrons. The second kappa shape index (κ2) is 13.0. The molecule has 1 aromatic carbocycles. The van der Waals surface area contributed by atoms with Gasteiger partial charge in [0, 0.05) is 19.2 Å². The van der Waals surface area contributed by atoms with Crippen LogP contribution in [0.2, 0.25) is 0 Å². The molecule has 32 heavy (non-hydrogen) atoms. The maximum absolute atomic E-state index is 11.2. The molecule has 4 atom stereocenters. The third-order valence-electron chi connectivity index (χ3n) is 5.44. The highest BCUT2D eigenvalue weighted by Gasteiger charge is 2.40. The van der Waals surface area contributed by atoms with E-state index in [4.69, 9.17) is 5.73 Å². The number of β-amino-alcohol motifs (C(OH)–C–C–N with tert-alkyl or cyclic N) is 1. The average molecular weight is 453 g/mol. The molecule has 0 aromatic heterocycles. The summed E-state index contributed by atoms with van der Waals surface area (Å²) >= 11 is 0. The monoisotopic (exact) mass is 452 g/mol. The Balaban J connectivity index is 1.76. The molecule has 1 fully saturated rings. The molecular formula is C20H32N6O6. The summed E-state index contributed by atoms with van der Waals surface area (Å²) in [6, 6.07) is 3.90. The normalized spacial score (nSPS) is 24.4. The average Bonchev–Trinajstić information content (AvgIpc) is 2.77. The van der Waals surface area contributed by atoms with Gasteiger partial charge in [0.25, 0.3) is 5.69 Å². The molecule has 12 nitrogen and oxygen atoms in total. The van der Waals surface area contributed by atoms with Crippen LogP contribution in [0.15, 0.2) is 28.2 Å². The Morgan fingerprint density at radius 2 is 1.97 bits per heavy atom. The lowest BCUT2D eigenvalue weighted by molar-refractivity contribution is -0.383. The fourth-order valence-corrected chi connectivity index (χ4v) is 3.70. The zero-order valence-electron chi connectivity index (χ0n) is 17.8. The van der Waals surface area contributed by atoms with Gasteiger partial charge in [-0.3, -0.25) is 15.0 Å². The number of nitrogens with two attached hydrogens (primary N) is 1. The van der Waals surface area contributed by atoms with Gasteiger partial charge in [-0.05, 0) is 31.5 Å². The predicted octanol–water partition coefficient (Wildman–Crippen LogP) is -0.0269. The summed E-state index contributed by atoms with van der Waals surface area (Å²) in [7, 11) is 0. The third-order valence-corrected chi connectivity index (χ3v) is 5.44. The van der Waals surface area contributed by atoms with Crippen LogP contribution in [0.3, 0.4) is 0 Å². The van der Waals surface area contributed by atoms with Crippen LogP contribution < -0.4 is 11.1 Å². The number of aliphatic hydroxyl groups excluding tert-OH is 4. The van der Waals surface area contributed by atoms with E-state index >= 15 is 0 Å². The van der Waals surface area contributed by atoms with Crippen LogP contribution in [-0.2, 0) is 0 Å². The molecule has 0 aliphatic carbocycles. The molecule has 1 aliphatic heterocycles. The van der Waals surface area contributed by atoms with Crippen LogP contribution in [0.1, 0.15) is 25.7 Å². The molecule has 178 valence electrons. The fourth-order valence-electron chi connectivity index (χ4n) is 3.70. The summed E-state index contributed by atoms with van der Waals surface area (Å²) in [4.78, 5) is 20.3. The Hall–Kier alpha value is -2.64. The lowest BCUT2D eigenvalue weighted by Gasteiger charge is -2.43. The van der Waals surface area contributed by atoms with Crippen molar-refractivity contribution in [3.8, 4) is 0 Å². The first-order chi connectivity index (χ1) is 15.4. The molecule has 0 saturated carbocycles. The van der Waals surface area contributed by atoms with Gasteiger partial charge in [0.05, 0.1) is 35.7 Å². The van der Waals surface area contributed by atoms with Crippen LogP contribution in [0, 0.1) is 10.1 Å². The number of piperidine rings is 1. The van der Waals surface area contributed by atoms with Gasteiger partial charge in [0.2, 0.25) is 0 Å². The van der Waals surface area contributed by atoms with Crippen molar-refractivity contribution in [2.75, 3.05) is 31.6 Å². The number of nitrogens with one attached hydrogen (secondary N) is 1. The van der Waals surface area contributed by atoms with Gasteiger partial charge in [-0.2, -0.15) is 0 Å². The zero-order chi connectivity index (χ0) is 23.5. The first-order valence-corrected chi connectivity index (χ1v) is 10.6. The molecule has 0 unspecified atom stereocenters. The number of hydrogen-bond acceptors (Lipinski definition) is 9. The smallest absolute Gasteiger partial charge is 0.292 e. The van der Waals surface area contributed by atoms with E-state index in [-0.39, 0.29) is 18.8 Å². The Kier molecular flexibility index (Phi) is 10.4. The molecule has 7 N–H and O–H groups in total. The standard InChI is InChI=1S/C20H32N6O6/c21-12-22-13-24-14-5-6-16(26(31)32)15(9-14)23-7-3-1-2-4-8-25-10-18(28)20(30)19(29)17(25)11-27/h5-6,9,12-13,17-20,23,27-30H,1-4,7-8,10-11H2,(H2,21,22,24)/t17-,18+,19-,20-/m1/s1. The molecule has 2 rings (SSSR count). The Labute approximate surface area is 186 Å². The van der Waals surface area contributed by atoms with E-state index in [0.717, 1.165) is 32.0 Å². The van der Waals surface area contributed by atoms with E-state index in [1.807, 2.05) is 0 Å². The Bertz CT molecular complexity index is 792. The second-order valence-electron chi connectivity index (χ2n) is 7.64. The number of aliphatic imine (C=N–C) groups is 2. The van der Waals surface area contributed by atoms with Gasteiger partial charge < -0.3 is 31.5 Å². The Morgan fingerprint density at radius 1 is 1.22 bits per heavy atom. The van der Waals surface area contributed by atoms with E-state index in [1.165, 1.54) is 18.5 Å². The van der Waals surface area contributed by atoms with Gasteiger partial charge in [-0.25, -0.2) is 9.98 Å². The minimum atomic E-state index is -1.25. The number of rotatable bonds is 12. The fraction of sp³-hybridized carbons (Fsp3) is 0.600. The summed E-state index contributed by atoms with van der Waals surface area (Å²) in [6.45, 7) is 1.03. The lowest BCUT2D eigenvalue weighted by Crippen LogP contribution is -2.62. The molecule has 0 amide bonds. The van der Waals surface area contributed by atoms with Gasteiger partial charge in [0.1, 0.15) is 24.2 Å². The van der Waals surface area contributed by atoms with E-state index in [0.29, 0.717) is 24.5 Å². The molecule has 1 saturated heterocycles. The highest BCUT2D eigenvalue weighted by Crippen LogP contribution is 2.29. The minimum Gasteiger partial charge on any atom is -0.395 e. The van der Waals surface area contributed by atoms with Crippen molar-refractivity contribution in [1.29, 1.82) is 0 Å². The maximum atomic E-state index is 11.2. The van der Waals surface area contributed by atoms with Gasteiger partial charge in [0.15, 0.2) is 0 Å². The van der Waals surface area contributed by atoms with Crippen molar-refractivity contribution in [2.24, 2.45) is 15.7 Å². The first-order valence-electron chi connectivity index (χ1n) is 10.6. The molecule has 1 heterocycles. The quantitative estimate of drug-likeness (QED) is 0.0831. The molecular weight excluding hydrogens is 420 g/mol. The largest absolute Gasteiger partial charge is 0.395 e. The number of aliphatic hydroxyl groups is 4. The number of benzene rings is 1. The maximum Gasteiger partial charge on any atom is 0.292 e. The van der Waals surface area contributed by atoms with Crippen molar-refractivity contribution in [2.45, 2.75) is 50.0 Å². The lowest BCUT2D eigenvalue weighted by atomic mass is 9.94. The number of nitro groups is 1. The van der Waals surface area contributed by atoms with Crippen LogP contribution in [0.25, 0.3) is 0 Å². The number of unbranched alkanes of at least 4 members (excludes halogenated alkanes) is 3. The molecule has 0 spiro atoms. The van der Waals surface area contributed by atoms with Crippen LogP contribution >= 0.6 is 0 Å². The predicted molar refractivity (Wildman–Crippen MR) is 121 cm³/mol. The van der Waals surface area contributed by atoms with E-state index in [1.54, 1.807) is 11.0 Å². The minimum absolute atomic E-state index is 0.0364. The van der Waals surface area contributed by atoms with Gasteiger partial charge in [-0.15, -0.1) is 0 Å². The highest BCUT2D eigenvalue weighted by molar-refractivity contribution is 5.74. The summed E-state index contributed by atoms with van der Waals surface area (Å²) in [5.74, 6) is 0. The van der Waals surface area contributed by atoms with Crippen molar-refractivity contribution in [3.63, 3.8) is 0 Å². The van der Waals surface area contributed by atoms with Crippen molar-refractivity contribution in [3.05, 3.63) is 28.3 Å². The van der Waals surface area contributed by atoms with E-state index < -0.39 is 29.3 Å². The van der Waals surface area contributed by atoms with Crippen LogP contribution in [0.5, 0.6) is 0 Å². The molecule has 1 aromatic rings.